The van der Waals surface area contributed by atoms with Gasteiger partial charge in [-0.1, -0.05) is 17.7 Å². The van der Waals surface area contributed by atoms with E-state index in [1.54, 1.807) is 0 Å². The highest BCUT2D eigenvalue weighted by atomic mass is 32.2. The first kappa shape index (κ1) is 12.6. The maximum absolute atomic E-state index is 3.32. The van der Waals surface area contributed by atoms with Gasteiger partial charge in [-0.15, -0.1) is 11.8 Å². The summed E-state index contributed by atoms with van der Waals surface area (Å²) in [6.07, 6.45) is 0. The summed E-state index contributed by atoms with van der Waals surface area (Å²) in [6, 6.07) is 4.50. The largest absolute Gasteiger partial charge is 0.306 e. The zero-order chi connectivity index (χ0) is 11.6. The van der Waals surface area contributed by atoms with E-state index in [-0.39, 0.29) is 4.87 Å². The fourth-order valence-electron chi connectivity index (χ4n) is 1.63. The zero-order valence-corrected chi connectivity index (χ0v) is 11.4. The van der Waals surface area contributed by atoms with Gasteiger partial charge in [0.2, 0.25) is 0 Å². The minimum atomic E-state index is 0.0881. The summed E-state index contributed by atoms with van der Waals surface area (Å²) in [6.45, 7) is 10.9. The van der Waals surface area contributed by atoms with Gasteiger partial charge in [0, 0.05) is 4.90 Å². The van der Waals surface area contributed by atoms with Gasteiger partial charge >= 0.3 is 0 Å². The summed E-state index contributed by atoms with van der Waals surface area (Å²) in [5.41, 5.74) is 4.10. The van der Waals surface area contributed by atoms with Crippen LogP contribution in [0.2, 0.25) is 0 Å². The van der Waals surface area contributed by atoms with Crippen LogP contribution in [0.5, 0.6) is 0 Å². The highest BCUT2D eigenvalue weighted by molar-refractivity contribution is 8.00. The summed E-state index contributed by atoms with van der Waals surface area (Å²) >= 11 is 1.90. The van der Waals surface area contributed by atoms with Crippen LogP contribution in [0.4, 0.5) is 0 Å². The van der Waals surface area contributed by atoms with Gasteiger partial charge in [0.15, 0.2) is 0 Å². The number of nitrogens with one attached hydrogen (secondary N) is 1. The second-order valence-corrected chi connectivity index (χ2v) is 6.22. The van der Waals surface area contributed by atoms with Crippen molar-refractivity contribution < 1.29 is 0 Å². The SMILES string of the molecule is CNC(C)(C)Sc1c(C)cc(C)cc1C. The molecule has 0 saturated heterocycles. The molecule has 0 heterocycles. The molecule has 15 heavy (non-hydrogen) atoms. The molecule has 1 aromatic carbocycles. The molecule has 0 aliphatic rings. The lowest BCUT2D eigenvalue weighted by atomic mass is 10.1. The number of hydrogen-bond acceptors (Lipinski definition) is 2. The Morgan fingerprint density at radius 3 is 1.93 bits per heavy atom. The monoisotopic (exact) mass is 223 g/mol. The molecule has 0 fully saturated rings. The predicted octanol–water partition coefficient (Wildman–Crippen LogP) is 3.66. The molecule has 0 aliphatic heterocycles. The Hall–Kier alpha value is -0.470. The van der Waals surface area contributed by atoms with Crippen molar-refractivity contribution in [2.75, 3.05) is 7.05 Å². The Morgan fingerprint density at radius 1 is 1.07 bits per heavy atom. The lowest BCUT2D eigenvalue weighted by molar-refractivity contribution is 0.608. The van der Waals surface area contributed by atoms with E-state index in [0.717, 1.165) is 0 Å². The van der Waals surface area contributed by atoms with Gasteiger partial charge in [-0.25, -0.2) is 0 Å². The number of aryl methyl sites for hydroxylation is 3. The number of thioether (sulfide) groups is 1. The highest BCUT2D eigenvalue weighted by Gasteiger charge is 2.18. The molecule has 2 heteroatoms. The minimum absolute atomic E-state index is 0.0881. The standard InChI is InChI=1S/C13H21NS/c1-9-7-10(2)12(11(3)8-9)15-13(4,5)14-6/h7-8,14H,1-6H3. The summed E-state index contributed by atoms with van der Waals surface area (Å²) in [4.78, 5) is 1.49. The Balaban J connectivity index is 3.05. The van der Waals surface area contributed by atoms with E-state index in [1.807, 2.05) is 18.8 Å². The van der Waals surface area contributed by atoms with Crippen LogP contribution in [-0.2, 0) is 0 Å². The molecule has 0 bridgehead atoms. The number of benzene rings is 1. The topological polar surface area (TPSA) is 12.0 Å². The highest BCUT2D eigenvalue weighted by Crippen LogP contribution is 2.35. The average molecular weight is 223 g/mol. The first-order valence-corrected chi connectivity index (χ1v) is 6.13. The third-order valence-electron chi connectivity index (χ3n) is 2.56. The summed E-state index contributed by atoms with van der Waals surface area (Å²) in [7, 11) is 2.01. The summed E-state index contributed by atoms with van der Waals surface area (Å²) in [5, 5.41) is 3.32. The molecule has 0 atom stereocenters. The van der Waals surface area contributed by atoms with E-state index >= 15 is 0 Å². The number of rotatable bonds is 3. The molecule has 1 N–H and O–H groups in total. The Morgan fingerprint density at radius 2 is 1.53 bits per heavy atom. The number of hydrogen-bond donors (Lipinski definition) is 1. The fourth-order valence-corrected chi connectivity index (χ4v) is 2.69. The van der Waals surface area contributed by atoms with Gasteiger partial charge in [-0.05, 0) is 52.8 Å². The average Bonchev–Trinajstić information content (AvgIpc) is 2.11. The van der Waals surface area contributed by atoms with Crippen molar-refractivity contribution >= 4 is 11.8 Å². The molecule has 0 radical (unpaired) electrons. The fraction of sp³-hybridized carbons (Fsp3) is 0.538. The molecule has 1 nitrogen and oxygen atoms in total. The van der Waals surface area contributed by atoms with Crippen LogP contribution in [0.1, 0.15) is 30.5 Å². The van der Waals surface area contributed by atoms with E-state index in [9.17, 15) is 0 Å². The van der Waals surface area contributed by atoms with Crippen LogP contribution in [0.15, 0.2) is 17.0 Å². The smallest absolute Gasteiger partial charge is 0.0632 e. The molecule has 0 amide bonds. The van der Waals surface area contributed by atoms with Crippen molar-refractivity contribution in [1.29, 1.82) is 0 Å². The Labute approximate surface area is 97.7 Å². The molecular formula is C13H21NS. The van der Waals surface area contributed by atoms with Crippen LogP contribution < -0.4 is 5.32 Å². The van der Waals surface area contributed by atoms with Crippen LogP contribution in [0.25, 0.3) is 0 Å². The summed E-state index contributed by atoms with van der Waals surface area (Å²) < 4.78 is 0. The van der Waals surface area contributed by atoms with Gasteiger partial charge in [0.25, 0.3) is 0 Å². The van der Waals surface area contributed by atoms with Crippen LogP contribution in [0, 0.1) is 20.8 Å². The first-order valence-electron chi connectivity index (χ1n) is 5.31. The quantitative estimate of drug-likeness (QED) is 0.620. The normalized spacial score (nSPS) is 11.9. The van der Waals surface area contributed by atoms with Crippen LogP contribution >= 0.6 is 11.8 Å². The second kappa shape index (κ2) is 4.58. The maximum atomic E-state index is 3.32. The van der Waals surface area contributed by atoms with Crippen molar-refractivity contribution in [3.05, 3.63) is 28.8 Å². The second-order valence-electron chi connectivity index (χ2n) is 4.59. The van der Waals surface area contributed by atoms with E-state index < -0.39 is 0 Å². The molecule has 1 rings (SSSR count). The summed E-state index contributed by atoms with van der Waals surface area (Å²) in [5.74, 6) is 0. The minimum Gasteiger partial charge on any atom is -0.306 e. The van der Waals surface area contributed by atoms with Crippen molar-refractivity contribution in [2.45, 2.75) is 44.4 Å². The molecule has 0 aromatic heterocycles. The molecule has 0 spiro atoms. The van der Waals surface area contributed by atoms with Gasteiger partial charge in [0.05, 0.1) is 4.87 Å². The van der Waals surface area contributed by atoms with E-state index in [4.69, 9.17) is 0 Å². The zero-order valence-electron chi connectivity index (χ0n) is 10.6. The lowest BCUT2D eigenvalue weighted by Crippen LogP contribution is -2.32. The van der Waals surface area contributed by atoms with Gasteiger partial charge in [0.1, 0.15) is 0 Å². The van der Waals surface area contributed by atoms with E-state index in [2.05, 4.69) is 52.1 Å². The predicted molar refractivity (Wildman–Crippen MR) is 69.6 cm³/mol. The molecule has 0 saturated carbocycles. The Kier molecular flexibility index (Phi) is 3.85. The maximum Gasteiger partial charge on any atom is 0.0632 e. The van der Waals surface area contributed by atoms with Gasteiger partial charge in [-0.3, -0.25) is 0 Å². The van der Waals surface area contributed by atoms with Crippen molar-refractivity contribution in [1.82, 2.24) is 5.32 Å². The third kappa shape index (κ3) is 3.25. The van der Waals surface area contributed by atoms with Gasteiger partial charge < -0.3 is 5.32 Å². The van der Waals surface area contributed by atoms with Crippen molar-refractivity contribution in [3.8, 4) is 0 Å². The molecule has 1 aromatic rings. The van der Waals surface area contributed by atoms with Crippen molar-refractivity contribution in [2.24, 2.45) is 0 Å². The molecular weight excluding hydrogens is 202 g/mol. The van der Waals surface area contributed by atoms with Crippen molar-refractivity contribution in [3.63, 3.8) is 0 Å². The third-order valence-corrected chi connectivity index (χ3v) is 4.13. The van der Waals surface area contributed by atoms with Crippen LogP contribution in [-0.4, -0.2) is 11.9 Å². The van der Waals surface area contributed by atoms with Gasteiger partial charge in [-0.2, -0.15) is 0 Å². The molecule has 0 aliphatic carbocycles. The van der Waals surface area contributed by atoms with Crippen LogP contribution in [0.3, 0.4) is 0 Å². The first-order chi connectivity index (χ1) is 6.85. The molecule has 0 unspecified atom stereocenters. The van der Waals surface area contributed by atoms with E-state index in [0.29, 0.717) is 0 Å². The molecule has 84 valence electrons. The lowest BCUT2D eigenvalue weighted by Gasteiger charge is -2.25. The Bertz CT molecular complexity index is 333. The van der Waals surface area contributed by atoms with E-state index in [1.165, 1.54) is 21.6 Å².